The number of rotatable bonds is 6. The van der Waals surface area contributed by atoms with Crippen molar-refractivity contribution < 1.29 is 14.3 Å². The highest BCUT2D eigenvalue weighted by molar-refractivity contribution is 9.10. The molecule has 2 aromatic rings. The van der Waals surface area contributed by atoms with Gasteiger partial charge in [0.2, 0.25) is 0 Å². The molecular weight excluding hydrogens is 538 g/mol. The van der Waals surface area contributed by atoms with Crippen molar-refractivity contribution in [3.05, 3.63) is 99.3 Å². The second-order valence-electron chi connectivity index (χ2n) is 12.4. The van der Waals surface area contributed by atoms with Crippen LogP contribution in [-0.4, -0.2) is 23.1 Å². The van der Waals surface area contributed by atoms with Gasteiger partial charge < -0.3 is 9.64 Å². The molecule has 0 spiro atoms. The lowest BCUT2D eigenvalue weighted by Gasteiger charge is -2.49. The molecule has 0 unspecified atom stereocenters. The predicted molar refractivity (Wildman–Crippen MR) is 155 cm³/mol. The Bertz CT molecular complexity index is 1310. The average molecular weight is 575 g/mol. The number of Topliss-reactive ketones (excluding diaryl/α,β-unsaturated/α-hetero) is 2. The summed E-state index contributed by atoms with van der Waals surface area (Å²) in [4.78, 5) is 30.4. The third kappa shape index (κ3) is 5.05. The highest BCUT2D eigenvalue weighted by Gasteiger charge is 2.49. The van der Waals surface area contributed by atoms with Crippen LogP contribution < -0.4 is 4.74 Å². The molecule has 3 aliphatic rings. The lowest BCUT2D eigenvalue weighted by atomic mass is 9.63. The summed E-state index contributed by atoms with van der Waals surface area (Å²) in [5, 5.41) is 0. The first-order valence-corrected chi connectivity index (χ1v) is 14.2. The molecule has 0 atom stereocenters. The molecule has 0 amide bonds. The van der Waals surface area contributed by atoms with Crippen molar-refractivity contribution in [2.75, 3.05) is 6.61 Å². The summed E-state index contributed by atoms with van der Waals surface area (Å²) < 4.78 is 7.00. The Hall–Kier alpha value is -2.92. The van der Waals surface area contributed by atoms with Crippen LogP contribution in [0.3, 0.4) is 0 Å². The van der Waals surface area contributed by atoms with Crippen LogP contribution in [0.4, 0.5) is 0 Å². The molecule has 5 heteroatoms. The highest BCUT2D eigenvalue weighted by Crippen LogP contribution is 2.56. The Morgan fingerprint density at radius 1 is 0.921 bits per heavy atom. The Balaban J connectivity index is 1.79. The van der Waals surface area contributed by atoms with Crippen LogP contribution in [0, 0.1) is 10.8 Å². The molecule has 0 saturated carbocycles. The van der Waals surface area contributed by atoms with Crippen molar-refractivity contribution in [2.45, 2.75) is 65.8 Å². The monoisotopic (exact) mass is 573 g/mol. The molecule has 0 N–H and O–H groups in total. The van der Waals surface area contributed by atoms with E-state index in [0.29, 0.717) is 31.7 Å². The van der Waals surface area contributed by atoms with Gasteiger partial charge in [-0.15, -0.1) is 0 Å². The maximum absolute atomic E-state index is 14.1. The molecule has 198 valence electrons. The van der Waals surface area contributed by atoms with Crippen LogP contribution in [0.1, 0.15) is 70.4 Å². The molecule has 2 aromatic carbocycles. The molecule has 1 aliphatic heterocycles. The van der Waals surface area contributed by atoms with E-state index in [1.807, 2.05) is 36.4 Å². The summed E-state index contributed by atoms with van der Waals surface area (Å²) in [6, 6.07) is 16.2. The molecule has 0 aromatic heterocycles. The van der Waals surface area contributed by atoms with Gasteiger partial charge in [0.1, 0.15) is 12.4 Å². The smallest absolute Gasteiger partial charge is 0.162 e. The number of carbonyl (C=O) groups is 2. The van der Waals surface area contributed by atoms with Crippen LogP contribution >= 0.6 is 15.9 Å². The van der Waals surface area contributed by atoms with Gasteiger partial charge in [-0.1, -0.05) is 86.6 Å². The fourth-order valence-corrected chi connectivity index (χ4v) is 6.72. The lowest BCUT2D eigenvalue weighted by Crippen LogP contribution is -2.44. The van der Waals surface area contributed by atoms with Crippen LogP contribution in [0.2, 0.25) is 0 Å². The van der Waals surface area contributed by atoms with Crippen molar-refractivity contribution in [3.63, 3.8) is 0 Å². The molecule has 1 heterocycles. The van der Waals surface area contributed by atoms with E-state index in [4.69, 9.17) is 4.74 Å². The van der Waals surface area contributed by atoms with Gasteiger partial charge in [0.05, 0.1) is 0 Å². The third-order valence-corrected chi connectivity index (χ3v) is 8.34. The molecular formula is C33H36BrNO3. The molecule has 38 heavy (non-hydrogen) atoms. The Kier molecular flexibility index (Phi) is 7.02. The Labute approximate surface area is 234 Å². The molecule has 2 aliphatic carbocycles. The number of ether oxygens (including phenoxy) is 1. The molecule has 0 saturated heterocycles. The summed E-state index contributed by atoms with van der Waals surface area (Å²) in [7, 11) is 0. The fraction of sp³-hybridized carbons (Fsp3) is 0.394. The normalized spacial score (nSPS) is 20.8. The van der Waals surface area contributed by atoms with Gasteiger partial charge in [0, 0.05) is 57.9 Å². The summed E-state index contributed by atoms with van der Waals surface area (Å²) in [5.41, 5.74) is 5.32. The van der Waals surface area contributed by atoms with Gasteiger partial charge in [-0.25, -0.2) is 0 Å². The summed E-state index contributed by atoms with van der Waals surface area (Å²) in [6.07, 6.45) is 4.19. The largest absolute Gasteiger partial charge is 0.489 e. The van der Waals surface area contributed by atoms with E-state index in [1.165, 1.54) is 0 Å². The standard InChI is InChI=1S/C33H36BrNO3/c1-6-14-38-28-13-12-22(34)15-23(28)29-30-24(16-32(2,3)18-26(30)36)35(20-21-10-8-7-9-11-21)25-17-33(4,5)19-27(37)31(25)29/h6-13,15,29H,1,14,16-20H2,2-5H3. The zero-order valence-electron chi connectivity index (χ0n) is 22.8. The van der Waals surface area contributed by atoms with E-state index >= 15 is 0 Å². The van der Waals surface area contributed by atoms with Crippen LogP contribution in [-0.2, 0) is 16.1 Å². The van der Waals surface area contributed by atoms with Gasteiger partial charge >= 0.3 is 0 Å². The number of ketones is 2. The predicted octanol–water partition coefficient (Wildman–Crippen LogP) is 7.90. The minimum atomic E-state index is -0.448. The van der Waals surface area contributed by atoms with Gasteiger partial charge in [0.15, 0.2) is 11.6 Å². The van der Waals surface area contributed by atoms with Crippen LogP contribution in [0.25, 0.3) is 0 Å². The zero-order valence-corrected chi connectivity index (χ0v) is 24.4. The highest BCUT2D eigenvalue weighted by atomic mass is 79.9. The SMILES string of the molecule is C=CCOc1ccc(Br)cc1C1C2=C(CC(C)(C)CC2=O)N(Cc2ccccc2)C2=C1C(=O)CC(C)(C)C2. The number of benzene rings is 2. The summed E-state index contributed by atoms with van der Waals surface area (Å²) in [5.74, 6) is 0.483. The maximum Gasteiger partial charge on any atom is 0.162 e. The van der Waals surface area contributed by atoms with E-state index in [-0.39, 0.29) is 22.4 Å². The number of halogens is 1. The lowest BCUT2D eigenvalue weighted by molar-refractivity contribution is -0.119. The second-order valence-corrected chi connectivity index (χ2v) is 13.3. The van der Waals surface area contributed by atoms with Gasteiger partial charge in [0.25, 0.3) is 0 Å². The first kappa shape index (κ1) is 26.7. The summed E-state index contributed by atoms with van der Waals surface area (Å²) >= 11 is 3.64. The first-order valence-electron chi connectivity index (χ1n) is 13.4. The van der Waals surface area contributed by atoms with E-state index in [1.54, 1.807) is 6.08 Å². The molecule has 0 fully saturated rings. The number of allylic oxidation sites excluding steroid dienone is 4. The van der Waals surface area contributed by atoms with Crippen molar-refractivity contribution in [1.82, 2.24) is 4.90 Å². The Morgan fingerprint density at radius 3 is 2.05 bits per heavy atom. The second kappa shape index (κ2) is 10.00. The number of carbonyl (C=O) groups excluding carboxylic acids is 2. The molecule has 0 radical (unpaired) electrons. The molecule has 5 rings (SSSR count). The van der Waals surface area contributed by atoms with E-state index in [0.717, 1.165) is 51.0 Å². The number of hydrogen-bond acceptors (Lipinski definition) is 4. The van der Waals surface area contributed by atoms with Crippen LogP contribution in [0.15, 0.2) is 88.2 Å². The Morgan fingerprint density at radius 2 is 1.50 bits per heavy atom. The fourth-order valence-electron chi connectivity index (χ4n) is 6.34. The third-order valence-electron chi connectivity index (χ3n) is 7.84. The average Bonchev–Trinajstić information content (AvgIpc) is 2.83. The van der Waals surface area contributed by atoms with Gasteiger partial charge in [-0.3, -0.25) is 9.59 Å². The summed E-state index contributed by atoms with van der Waals surface area (Å²) in [6.45, 7) is 13.5. The van der Waals surface area contributed by atoms with Gasteiger partial charge in [-0.2, -0.15) is 0 Å². The van der Waals surface area contributed by atoms with Crippen molar-refractivity contribution in [3.8, 4) is 5.75 Å². The quantitative estimate of drug-likeness (QED) is 0.329. The van der Waals surface area contributed by atoms with Crippen molar-refractivity contribution >= 4 is 27.5 Å². The van der Waals surface area contributed by atoms with Crippen molar-refractivity contribution in [1.29, 1.82) is 0 Å². The first-order chi connectivity index (χ1) is 18.0. The van der Waals surface area contributed by atoms with Crippen molar-refractivity contribution in [2.24, 2.45) is 10.8 Å². The van der Waals surface area contributed by atoms with E-state index in [2.05, 4.69) is 67.2 Å². The van der Waals surface area contributed by atoms with Crippen LogP contribution in [0.5, 0.6) is 5.75 Å². The minimum Gasteiger partial charge on any atom is -0.489 e. The molecule has 4 nitrogen and oxygen atoms in total. The topological polar surface area (TPSA) is 46.6 Å². The van der Waals surface area contributed by atoms with E-state index in [9.17, 15) is 9.59 Å². The maximum atomic E-state index is 14.1. The number of hydrogen-bond donors (Lipinski definition) is 0. The van der Waals surface area contributed by atoms with Gasteiger partial charge in [-0.05, 0) is 47.4 Å². The minimum absolute atomic E-state index is 0.123. The molecule has 0 bridgehead atoms. The number of nitrogens with zero attached hydrogens (tertiary/aromatic N) is 1. The zero-order chi connectivity index (χ0) is 27.2. The van der Waals surface area contributed by atoms with E-state index < -0.39 is 5.92 Å².